The number of ketones is 2. The Hall–Kier alpha value is -2.44. The van der Waals surface area contributed by atoms with E-state index >= 15 is 0 Å². The Kier molecular flexibility index (Phi) is 5.91. The molecule has 3 aromatic rings. The molecule has 0 radical (unpaired) electrons. The van der Waals surface area contributed by atoms with E-state index in [9.17, 15) is 9.59 Å². The molecule has 0 aliphatic carbocycles. The number of aromatic nitrogens is 1. The highest BCUT2D eigenvalue weighted by molar-refractivity contribution is 9.10. The molecule has 0 saturated carbocycles. The van der Waals surface area contributed by atoms with Gasteiger partial charge in [0.15, 0.2) is 11.6 Å². The van der Waals surface area contributed by atoms with Gasteiger partial charge >= 0.3 is 0 Å². The molecule has 0 atom stereocenters. The lowest BCUT2D eigenvalue weighted by molar-refractivity contribution is -0.00926. The topological polar surface area (TPSA) is 51.5 Å². The summed E-state index contributed by atoms with van der Waals surface area (Å²) in [5, 5.41) is 1.02. The van der Waals surface area contributed by atoms with Crippen LogP contribution in [0.4, 0.5) is 0 Å². The second-order valence-corrected chi connectivity index (χ2v) is 10.2. The monoisotopic (exact) mass is 508 g/mol. The third-order valence-corrected chi connectivity index (χ3v) is 7.90. The summed E-state index contributed by atoms with van der Waals surface area (Å²) in [6.07, 6.45) is 3.23. The third-order valence-electron chi connectivity index (χ3n) is 7.26. The molecule has 5 nitrogen and oxygen atoms in total. The number of nitrogens with zero attached hydrogens (tertiary/aromatic N) is 2. The Bertz CT molecular complexity index is 1240. The van der Waals surface area contributed by atoms with Crippen molar-refractivity contribution in [2.24, 2.45) is 0 Å². The molecule has 172 valence electrons. The number of likely N-dealkylation sites (tertiary alicyclic amines) is 1. The summed E-state index contributed by atoms with van der Waals surface area (Å²) >= 11 is 3.69. The minimum absolute atomic E-state index is 0.110. The molecule has 0 amide bonds. The zero-order chi connectivity index (χ0) is 23.2. The molecule has 0 unspecified atom stereocenters. The first-order chi connectivity index (χ1) is 15.9. The SMILES string of the molecule is CC(=O)c1c(C)n(CCCN2CCC3(CC2)CC(=O)c2ccccc2O3)c2c(Br)cccc12. The average molecular weight is 509 g/mol. The molecule has 1 saturated heterocycles. The summed E-state index contributed by atoms with van der Waals surface area (Å²) in [6.45, 7) is 7.41. The van der Waals surface area contributed by atoms with Crippen molar-refractivity contribution in [2.45, 2.75) is 51.7 Å². The third kappa shape index (κ3) is 4.04. The summed E-state index contributed by atoms with van der Waals surface area (Å²) in [6, 6.07) is 13.7. The maximum absolute atomic E-state index is 12.7. The van der Waals surface area contributed by atoms with Crippen molar-refractivity contribution in [3.05, 3.63) is 63.8 Å². The second kappa shape index (κ2) is 8.73. The molecule has 2 aliphatic heterocycles. The van der Waals surface area contributed by atoms with Gasteiger partial charge in [-0.25, -0.2) is 0 Å². The molecule has 3 heterocycles. The molecule has 2 aliphatic rings. The van der Waals surface area contributed by atoms with Gasteiger partial charge in [-0.3, -0.25) is 9.59 Å². The van der Waals surface area contributed by atoms with Crippen LogP contribution in [0, 0.1) is 6.92 Å². The van der Waals surface area contributed by atoms with Crippen LogP contribution >= 0.6 is 15.9 Å². The van der Waals surface area contributed by atoms with Crippen LogP contribution in [0.2, 0.25) is 0 Å². The molecule has 2 aromatic carbocycles. The molecule has 33 heavy (non-hydrogen) atoms. The fraction of sp³-hybridized carbons (Fsp3) is 0.407. The minimum atomic E-state index is -0.351. The van der Waals surface area contributed by atoms with Gasteiger partial charge in [0.25, 0.3) is 0 Å². The predicted octanol–water partition coefficient (Wildman–Crippen LogP) is 5.80. The van der Waals surface area contributed by atoms with Gasteiger partial charge in [0.1, 0.15) is 11.4 Å². The number of Topliss-reactive ketones (excluding diaryl/α,β-unsaturated/α-hetero) is 2. The maximum atomic E-state index is 12.7. The van der Waals surface area contributed by atoms with Crippen molar-refractivity contribution in [2.75, 3.05) is 19.6 Å². The van der Waals surface area contributed by atoms with E-state index < -0.39 is 0 Å². The number of hydrogen-bond donors (Lipinski definition) is 0. The highest BCUT2D eigenvalue weighted by atomic mass is 79.9. The van der Waals surface area contributed by atoms with E-state index in [1.165, 1.54) is 0 Å². The number of carbonyl (C=O) groups excluding carboxylic acids is 2. The standard InChI is InChI=1S/C27H29BrN2O3/c1-18-25(19(2)31)21-8-5-9-22(28)26(21)30(18)14-6-13-29-15-11-27(12-16-29)17-23(32)20-7-3-4-10-24(20)33-27/h3-5,7-10H,6,11-17H2,1-2H3. The lowest BCUT2D eigenvalue weighted by Gasteiger charge is -2.44. The summed E-state index contributed by atoms with van der Waals surface area (Å²) < 4.78 is 9.67. The van der Waals surface area contributed by atoms with Crippen molar-refractivity contribution in [1.29, 1.82) is 0 Å². The van der Waals surface area contributed by atoms with E-state index in [1.54, 1.807) is 6.92 Å². The van der Waals surface area contributed by atoms with Gasteiger partial charge in [0.2, 0.25) is 0 Å². The number of fused-ring (bicyclic) bond motifs is 2. The highest BCUT2D eigenvalue weighted by Gasteiger charge is 2.42. The highest BCUT2D eigenvalue weighted by Crippen LogP contribution is 2.39. The summed E-state index contributed by atoms with van der Waals surface area (Å²) in [7, 11) is 0. The number of benzene rings is 2. The van der Waals surface area contributed by atoms with Crippen LogP contribution in [-0.2, 0) is 6.54 Å². The number of piperidine rings is 1. The number of para-hydroxylation sites is 2. The van der Waals surface area contributed by atoms with Gasteiger partial charge < -0.3 is 14.2 Å². The maximum Gasteiger partial charge on any atom is 0.170 e. The average Bonchev–Trinajstić information content (AvgIpc) is 3.08. The summed E-state index contributed by atoms with van der Waals surface area (Å²) in [5.74, 6) is 1.05. The molecule has 1 aromatic heterocycles. The number of hydrogen-bond acceptors (Lipinski definition) is 4. The molecular formula is C27H29BrN2O3. The van der Waals surface area contributed by atoms with Crippen LogP contribution < -0.4 is 4.74 Å². The number of ether oxygens (including phenoxy) is 1. The van der Waals surface area contributed by atoms with Crippen LogP contribution in [0.3, 0.4) is 0 Å². The fourth-order valence-electron chi connectivity index (χ4n) is 5.57. The summed E-state index contributed by atoms with van der Waals surface area (Å²) in [5.41, 5.74) is 3.33. The first-order valence-electron chi connectivity index (χ1n) is 11.7. The lowest BCUT2D eigenvalue weighted by atomic mass is 9.82. The van der Waals surface area contributed by atoms with Crippen LogP contribution in [0.1, 0.15) is 59.0 Å². The first-order valence-corrected chi connectivity index (χ1v) is 12.5. The van der Waals surface area contributed by atoms with Crippen molar-refractivity contribution in [3.8, 4) is 5.75 Å². The van der Waals surface area contributed by atoms with Crippen molar-refractivity contribution in [1.82, 2.24) is 9.47 Å². The summed E-state index contributed by atoms with van der Waals surface area (Å²) in [4.78, 5) is 27.4. The predicted molar refractivity (Wildman–Crippen MR) is 133 cm³/mol. The van der Waals surface area contributed by atoms with E-state index in [-0.39, 0.29) is 17.2 Å². The molecule has 0 bridgehead atoms. The van der Waals surface area contributed by atoms with Crippen molar-refractivity contribution >= 4 is 38.4 Å². The quantitative estimate of drug-likeness (QED) is 0.408. The van der Waals surface area contributed by atoms with Gasteiger partial charge in [-0.15, -0.1) is 0 Å². The van der Waals surface area contributed by atoms with E-state index in [2.05, 4.69) is 25.4 Å². The Morgan fingerprint density at radius 2 is 1.85 bits per heavy atom. The number of halogens is 1. The van der Waals surface area contributed by atoms with E-state index in [0.717, 1.165) is 83.4 Å². The molecule has 0 N–H and O–H groups in total. The van der Waals surface area contributed by atoms with Crippen LogP contribution in [0.15, 0.2) is 46.9 Å². The molecular weight excluding hydrogens is 480 g/mol. The second-order valence-electron chi connectivity index (χ2n) is 9.38. The van der Waals surface area contributed by atoms with E-state index in [1.807, 2.05) is 49.4 Å². The van der Waals surface area contributed by atoms with Gasteiger partial charge in [-0.2, -0.15) is 0 Å². The minimum Gasteiger partial charge on any atom is -0.486 e. The first kappa shape index (κ1) is 22.4. The van der Waals surface area contributed by atoms with Crippen LogP contribution in [0.5, 0.6) is 5.75 Å². The number of carbonyl (C=O) groups is 2. The molecule has 5 rings (SSSR count). The van der Waals surface area contributed by atoms with Crippen molar-refractivity contribution in [3.63, 3.8) is 0 Å². The molecule has 1 fully saturated rings. The normalized spacial score (nSPS) is 17.8. The Morgan fingerprint density at radius 3 is 2.61 bits per heavy atom. The van der Waals surface area contributed by atoms with Crippen LogP contribution in [0.25, 0.3) is 10.9 Å². The number of rotatable bonds is 5. The fourth-order valence-corrected chi connectivity index (χ4v) is 6.15. The Morgan fingerprint density at radius 1 is 1.09 bits per heavy atom. The van der Waals surface area contributed by atoms with Crippen LogP contribution in [-0.4, -0.2) is 46.3 Å². The molecule has 6 heteroatoms. The zero-order valence-corrected chi connectivity index (χ0v) is 20.8. The molecule has 1 spiro atoms. The zero-order valence-electron chi connectivity index (χ0n) is 19.2. The van der Waals surface area contributed by atoms with Gasteiger partial charge in [-0.05, 0) is 60.9 Å². The number of aryl methyl sites for hydroxylation is 1. The smallest absolute Gasteiger partial charge is 0.170 e. The van der Waals surface area contributed by atoms with Gasteiger partial charge in [-0.1, -0.05) is 24.3 Å². The van der Waals surface area contributed by atoms with Crippen molar-refractivity contribution < 1.29 is 14.3 Å². The largest absolute Gasteiger partial charge is 0.486 e. The van der Waals surface area contributed by atoms with E-state index in [4.69, 9.17) is 4.74 Å². The van der Waals surface area contributed by atoms with E-state index in [0.29, 0.717) is 6.42 Å². The van der Waals surface area contributed by atoms with Gasteiger partial charge in [0, 0.05) is 53.6 Å². The Labute approximate surface area is 202 Å². The lowest BCUT2D eigenvalue weighted by Crippen LogP contribution is -2.51. The Balaban J connectivity index is 1.23. The van der Waals surface area contributed by atoms with Gasteiger partial charge in [0.05, 0.1) is 17.5 Å².